The molecule has 2 aromatic heterocycles. The molecule has 4 nitrogen and oxygen atoms in total. The molecule has 114 valence electrons. The van der Waals surface area contributed by atoms with E-state index in [9.17, 15) is 4.79 Å². The van der Waals surface area contributed by atoms with E-state index >= 15 is 0 Å². The molecule has 0 radical (unpaired) electrons. The lowest BCUT2D eigenvalue weighted by atomic mass is 10.3. The van der Waals surface area contributed by atoms with E-state index in [2.05, 4.69) is 10.6 Å². The molecule has 2 heterocycles. The Balaban J connectivity index is 1.88. The van der Waals surface area contributed by atoms with Gasteiger partial charge in [-0.15, -0.1) is 22.7 Å². The first-order valence-electron chi connectivity index (χ1n) is 6.75. The summed E-state index contributed by atoms with van der Waals surface area (Å²) in [6.45, 7) is 3.47. The number of nitrogen functional groups attached to an aromatic ring is 1. The van der Waals surface area contributed by atoms with Crippen LogP contribution in [0.25, 0.3) is 0 Å². The standard InChI is InChI=1S/C14H18ClN3OS2/c1-2-6-18-14(19)13-10(16)8-12(21-13)17-7-5-9-3-4-11(15)20-9/h3-4,8,17H,2,5-7,16H2,1H3,(H,18,19). The highest BCUT2D eigenvalue weighted by Gasteiger charge is 2.13. The average molecular weight is 344 g/mol. The van der Waals surface area contributed by atoms with Gasteiger partial charge in [-0.3, -0.25) is 4.79 Å². The number of halogens is 1. The maximum atomic E-state index is 11.9. The Morgan fingerprint density at radius 1 is 1.33 bits per heavy atom. The van der Waals surface area contributed by atoms with Crippen LogP contribution in [0.4, 0.5) is 10.7 Å². The van der Waals surface area contributed by atoms with Crippen LogP contribution in [-0.2, 0) is 6.42 Å². The monoisotopic (exact) mass is 343 g/mol. The lowest BCUT2D eigenvalue weighted by Crippen LogP contribution is -2.23. The Labute approximate surface area is 137 Å². The molecular formula is C14H18ClN3OS2. The van der Waals surface area contributed by atoms with Crippen LogP contribution < -0.4 is 16.4 Å². The van der Waals surface area contributed by atoms with Crippen LogP contribution in [0, 0.1) is 0 Å². The van der Waals surface area contributed by atoms with Crippen molar-refractivity contribution in [1.29, 1.82) is 0 Å². The van der Waals surface area contributed by atoms with Gasteiger partial charge in [0.1, 0.15) is 4.88 Å². The number of nitrogens with one attached hydrogen (secondary N) is 2. The van der Waals surface area contributed by atoms with Gasteiger partial charge >= 0.3 is 0 Å². The number of anilines is 2. The molecule has 21 heavy (non-hydrogen) atoms. The minimum atomic E-state index is -0.0996. The maximum absolute atomic E-state index is 11.9. The van der Waals surface area contributed by atoms with E-state index in [1.807, 2.05) is 25.1 Å². The van der Waals surface area contributed by atoms with Crippen molar-refractivity contribution in [2.75, 3.05) is 24.1 Å². The molecule has 0 bridgehead atoms. The van der Waals surface area contributed by atoms with E-state index in [1.54, 1.807) is 11.3 Å². The summed E-state index contributed by atoms with van der Waals surface area (Å²) in [5.41, 5.74) is 6.42. The Hall–Kier alpha value is -1.24. The second-order valence-electron chi connectivity index (χ2n) is 4.53. The van der Waals surface area contributed by atoms with Gasteiger partial charge in [0.25, 0.3) is 5.91 Å². The van der Waals surface area contributed by atoms with E-state index in [-0.39, 0.29) is 5.91 Å². The zero-order valence-corrected chi connectivity index (χ0v) is 14.1. The van der Waals surface area contributed by atoms with Gasteiger partial charge in [-0.25, -0.2) is 0 Å². The van der Waals surface area contributed by atoms with Gasteiger partial charge in [-0.05, 0) is 31.0 Å². The van der Waals surface area contributed by atoms with Crippen LogP contribution in [0.2, 0.25) is 4.34 Å². The lowest BCUT2D eigenvalue weighted by molar-refractivity contribution is 0.0958. The molecule has 4 N–H and O–H groups in total. The summed E-state index contributed by atoms with van der Waals surface area (Å²) < 4.78 is 0.806. The summed E-state index contributed by atoms with van der Waals surface area (Å²) in [5.74, 6) is -0.0996. The molecule has 0 saturated carbocycles. The van der Waals surface area contributed by atoms with Crippen LogP contribution in [0.1, 0.15) is 27.9 Å². The van der Waals surface area contributed by atoms with Gasteiger partial charge in [0.15, 0.2) is 0 Å². The fourth-order valence-corrected chi connectivity index (χ4v) is 3.79. The summed E-state index contributed by atoms with van der Waals surface area (Å²) in [6, 6.07) is 5.74. The molecule has 0 saturated heterocycles. The Morgan fingerprint density at radius 2 is 2.14 bits per heavy atom. The molecule has 2 aromatic rings. The Morgan fingerprint density at radius 3 is 2.81 bits per heavy atom. The van der Waals surface area contributed by atoms with Crippen LogP contribution in [0.3, 0.4) is 0 Å². The van der Waals surface area contributed by atoms with Crippen molar-refractivity contribution < 1.29 is 4.79 Å². The van der Waals surface area contributed by atoms with Crippen molar-refractivity contribution >= 4 is 50.9 Å². The van der Waals surface area contributed by atoms with Crippen molar-refractivity contribution in [3.63, 3.8) is 0 Å². The number of carbonyl (C=O) groups is 1. The number of rotatable bonds is 7. The molecule has 0 unspecified atom stereocenters. The van der Waals surface area contributed by atoms with Gasteiger partial charge in [0.2, 0.25) is 0 Å². The molecule has 2 rings (SSSR count). The molecule has 0 aliphatic heterocycles. The molecular weight excluding hydrogens is 326 g/mol. The number of nitrogens with two attached hydrogens (primary N) is 1. The van der Waals surface area contributed by atoms with Gasteiger partial charge in [-0.1, -0.05) is 18.5 Å². The minimum Gasteiger partial charge on any atom is -0.397 e. The normalized spacial score (nSPS) is 10.6. The summed E-state index contributed by atoms with van der Waals surface area (Å²) in [4.78, 5) is 13.7. The van der Waals surface area contributed by atoms with Crippen molar-refractivity contribution in [1.82, 2.24) is 5.32 Å². The van der Waals surface area contributed by atoms with Crippen LogP contribution in [0.15, 0.2) is 18.2 Å². The summed E-state index contributed by atoms with van der Waals surface area (Å²) in [6.07, 6.45) is 1.80. The highest BCUT2D eigenvalue weighted by atomic mass is 35.5. The summed E-state index contributed by atoms with van der Waals surface area (Å²) in [5, 5.41) is 7.05. The Kier molecular flexibility index (Phi) is 5.90. The van der Waals surface area contributed by atoms with Crippen LogP contribution >= 0.6 is 34.3 Å². The zero-order chi connectivity index (χ0) is 15.2. The molecule has 1 amide bonds. The predicted octanol–water partition coefficient (Wildman–Crippen LogP) is 3.84. The van der Waals surface area contributed by atoms with Crippen LogP contribution in [-0.4, -0.2) is 19.0 Å². The third-order valence-electron chi connectivity index (χ3n) is 2.80. The largest absolute Gasteiger partial charge is 0.397 e. The lowest BCUT2D eigenvalue weighted by Gasteiger charge is -2.02. The summed E-state index contributed by atoms with van der Waals surface area (Å²) in [7, 11) is 0. The molecule has 7 heteroatoms. The fraction of sp³-hybridized carbons (Fsp3) is 0.357. The van der Waals surface area contributed by atoms with E-state index in [1.165, 1.54) is 16.2 Å². The molecule has 0 fully saturated rings. The fourth-order valence-electron chi connectivity index (χ4n) is 1.78. The second-order valence-corrected chi connectivity index (χ2v) is 7.39. The predicted molar refractivity (Wildman–Crippen MR) is 92.9 cm³/mol. The van der Waals surface area contributed by atoms with Crippen molar-refractivity contribution in [2.24, 2.45) is 0 Å². The number of hydrogen-bond acceptors (Lipinski definition) is 5. The average Bonchev–Trinajstić information content (AvgIpc) is 3.02. The van der Waals surface area contributed by atoms with E-state index < -0.39 is 0 Å². The number of carbonyl (C=O) groups excluding carboxylic acids is 1. The van der Waals surface area contributed by atoms with Crippen molar-refractivity contribution in [3.8, 4) is 0 Å². The van der Waals surface area contributed by atoms with E-state index in [0.29, 0.717) is 17.1 Å². The first-order chi connectivity index (χ1) is 10.1. The third kappa shape index (κ3) is 4.62. The highest BCUT2D eigenvalue weighted by molar-refractivity contribution is 7.18. The third-order valence-corrected chi connectivity index (χ3v) is 5.20. The SMILES string of the molecule is CCCNC(=O)c1sc(NCCc2ccc(Cl)s2)cc1N. The highest BCUT2D eigenvalue weighted by Crippen LogP contribution is 2.29. The maximum Gasteiger partial charge on any atom is 0.263 e. The molecule has 0 aromatic carbocycles. The van der Waals surface area contributed by atoms with Gasteiger partial charge < -0.3 is 16.4 Å². The topological polar surface area (TPSA) is 67.2 Å². The van der Waals surface area contributed by atoms with E-state index in [4.69, 9.17) is 17.3 Å². The quantitative estimate of drug-likeness (QED) is 0.715. The van der Waals surface area contributed by atoms with Gasteiger partial charge in [0, 0.05) is 18.0 Å². The van der Waals surface area contributed by atoms with Crippen LogP contribution in [0.5, 0.6) is 0 Å². The summed E-state index contributed by atoms with van der Waals surface area (Å²) >= 11 is 8.87. The van der Waals surface area contributed by atoms with Crippen molar-refractivity contribution in [2.45, 2.75) is 19.8 Å². The van der Waals surface area contributed by atoms with Crippen molar-refractivity contribution in [3.05, 3.63) is 32.3 Å². The van der Waals surface area contributed by atoms with E-state index in [0.717, 1.165) is 28.7 Å². The number of thiophene rings is 2. The molecule has 0 aliphatic rings. The number of hydrogen-bond donors (Lipinski definition) is 3. The minimum absolute atomic E-state index is 0.0996. The Bertz CT molecular complexity index is 609. The molecule has 0 aliphatic carbocycles. The second kappa shape index (κ2) is 7.68. The number of amides is 1. The van der Waals surface area contributed by atoms with Gasteiger partial charge in [-0.2, -0.15) is 0 Å². The first-order valence-corrected chi connectivity index (χ1v) is 8.77. The first kappa shape index (κ1) is 16.1. The van der Waals surface area contributed by atoms with Gasteiger partial charge in [0.05, 0.1) is 15.0 Å². The molecule has 0 atom stereocenters. The molecule has 0 spiro atoms. The zero-order valence-electron chi connectivity index (χ0n) is 11.7. The smallest absolute Gasteiger partial charge is 0.263 e.